The van der Waals surface area contributed by atoms with Crippen LogP contribution in [0.1, 0.15) is 19.4 Å². The lowest BCUT2D eigenvalue weighted by Gasteiger charge is -2.18. The van der Waals surface area contributed by atoms with Gasteiger partial charge in [-0.2, -0.15) is 5.26 Å². The molecule has 0 N–H and O–H groups in total. The first-order valence-corrected chi connectivity index (χ1v) is 5.36. The number of anilines is 1. The van der Waals surface area contributed by atoms with Crippen LogP contribution in [0.5, 0.6) is 0 Å². The number of nitriles is 1. The highest BCUT2D eigenvalue weighted by Gasteiger charge is 2.17. The number of hydrogen-bond donors (Lipinski definition) is 0. The van der Waals surface area contributed by atoms with E-state index in [1.807, 2.05) is 30.3 Å². The number of amides is 1. The van der Waals surface area contributed by atoms with Gasteiger partial charge in [0.1, 0.15) is 5.92 Å². The lowest BCUT2D eigenvalue weighted by molar-refractivity contribution is -0.120. The predicted molar refractivity (Wildman–Crippen MR) is 64.0 cm³/mol. The van der Waals surface area contributed by atoms with Crippen LogP contribution in [0.4, 0.5) is 5.69 Å². The van der Waals surface area contributed by atoms with E-state index in [0.717, 1.165) is 12.1 Å². The van der Waals surface area contributed by atoms with Gasteiger partial charge in [0.15, 0.2) is 0 Å². The maximum Gasteiger partial charge on any atom is 0.243 e. The number of hydrogen-bond acceptors (Lipinski definition) is 2. The molecule has 1 atom stereocenters. The number of rotatable bonds is 3. The van der Waals surface area contributed by atoms with Gasteiger partial charge in [0.25, 0.3) is 0 Å². The topological polar surface area (TPSA) is 44.1 Å². The molecular formula is C13H16N2O. The van der Waals surface area contributed by atoms with Crippen molar-refractivity contribution >= 4 is 11.6 Å². The van der Waals surface area contributed by atoms with E-state index in [2.05, 4.69) is 6.92 Å². The minimum absolute atomic E-state index is 0.174. The smallest absolute Gasteiger partial charge is 0.243 e. The average Bonchev–Trinajstić information content (AvgIpc) is 2.36. The summed E-state index contributed by atoms with van der Waals surface area (Å²) in [7, 11) is 1.69. The minimum atomic E-state index is -0.601. The molecule has 0 aliphatic carbocycles. The molecule has 0 bridgehead atoms. The Labute approximate surface area is 96.3 Å². The van der Waals surface area contributed by atoms with Crippen molar-refractivity contribution < 1.29 is 4.79 Å². The van der Waals surface area contributed by atoms with Gasteiger partial charge < -0.3 is 4.90 Å². The highest BCUT2D eigenvalue weighted by molar-refractivity contribution is 5.95. The third kappa shape index (κ3) is 2.60. The highest BCUT2D eigenvalue weighted by atomic mass is 16.2. The fourth-order valence-electron chi connectivity index (χ4n) is 1.43. The molecule has 1 aromatic rings. The molecule has 0 radical (unpaired) electrons. The fraction of sp³-hybridized carbons (Fsp3) is 0.385. The Morgan fingerprint density at radius 3 is 2.44 bits per heavy atom. The fourth-order valence-corrected chi connectivity index (χ4v) is 1.43. The van der Waals surface area contributed by atoms with Crippen LogP contribution in [0.3, 0.4) is 0 Å². The van der Waals surface area contributed by atoms with Gasteiger partial charge in [-0.1, -0.05) is 19.1 Å². The zero-order chi connectivity index (χ0) is 12.1. The van der Waals surface area contributed by atoms with E-state index in [0.29, 0.717) is 0 Å². The number of carbonyl (C=O) groups is 1. The summed E-state index contributed by atoms with van der Waals surface area (Å²) in [5.74, 6) is -0.775. The van der Waals surface area contributed by atoms with Gasteiger partial charge >= 0.3 is 0 Å². The van der Waals surface area contributed by atoms with Crippen molar-refractivity contribution in [3.63, 3.8) is 0 Å². The molecule has 0 aromatic heterocycles. The van der Waals surface area contributed by atoms with Gasteiger partial charge in [-0.3, -0.25) is 4.79 Å². The van der Waals surface area contributed by atoms with Crippen molar-refractivity contribution in [1.29, 1.82) is 5.26 Å². The van der Waals surface area contributed by atoms with E-state index in [4.69, 9.17) is 5.26 Å². The molecular weight excluding hydrogens is 200 g/mol. The zero-order valence-electron chi connectivity index (χ0n) is 9.90. The van der Waals surface area contributed by atoms with Crippen molar-refractivity contribution in [3.8, 4) is 6.07 Å². The van der Waals surface area contributed by atoms with Crippen molar-refractivity contribution in [2.45, 2.75) is 20.3 Å². The van der Waals surface area contributed by atoms with Crippen LogP contribution in [0.2, 0.25) is 0 Å². The molecule has 0 aliphatic heterocycles. The van der Waals surface area contributed by atoms with Gasteiger partial charge in [0, 0.05) is 12.7 Å². The molecule has 3 nitrogen and oxygen atoms in total. The molecule has 84 valence electrons. The molecule has 1 aromatic carbocycles. The van der Waals surface area contributed by atoms with E-state index < -0.39 is 5.92 Å². The van der Waals surface area contributed by atoms with E-state index in [1.165, 1.54) is 10.5 Å². The highest BCUT2D eigenvalue weighted by Crippen LogP contribution is 2.16. The summed E-state index contributed by atoms with van der Waals surface area (Å²) < 4.78 is 0. The van der Waals surface area contributed by atoms with Crippen LogP contribution < -0.4 is 4.90 Å². The van der Waals surface area contributed by atoms with Gasteiger partial charge in [0.2, 0.25) is 5.91 Å². The third-order valence-corrected chi connectivity index (χ3v) is 2.63. The summed E-state index contributed by atoms with van der Waals surface area (Å²) >= 11 is 0. The summed E-state index contributed by atoms with van der Waals surface area (Å²) in [4.78, 5) is 13.3. The van der Waals surface area contributed by atoms with Crippen LogP contribution >= 0.6 is 0 Å². The molecule has 0 heterocycles. The SMILES string of the molecule is CCc1ccc(N(C)C(=O)C(C)C#N)cc1. The molecule has 0 saturated carbocycles. The second kappa shape index (κ2) is 5.32. The van der Waals surface area contributed by atoms with E-state index in [-0.39, 0.29) is 5.91 Å². The summed E-state index contributed by atoms with van der Waals surface area (Å²) in [6, 6.07) is 9.75. The number of benzene rings is 1. The van der Waals surface area contributed by atoms with Crippen LogP contribution in [-0.2, 0) is 11.2 Å². The summed E-state index contributed by atoms with van der Waals surface area (Å²) in [6.07, 6.45) is 0.979. The molecule has 1 rings (SSSR count). The quantitative estimate of drug-likeness (QED) is 0.778. The summed E-state index contributed by atoms with van der Waals surface area (Å²) in [5.41, 5.74) is 2.06. The Hall–Kier alpha value is -1.82. The predicted octanol–water partition coefficient (Wildman–Crippen LogP) is 2.37. The standard InChI is InChI=1S/C13H16N2O/c1-4-11-5-7-12(8-6-11)15(3)13(16)10(2)9-14/h5-8,10H,4H2,1-3H3. The average molecular weight is 216 g/mol. The Balaban J connectivity index is 2.84. The van der Waals surface area contributed by atoms with Gasteiger partial charge in [-0.05, 0) is 31.0 Å². The summed E-state index contributed by atoms with van der Waals surface area (Å²) in [5, 5.41) is 8.69. The number of carbonyl (C=O) groups excluding carboxylic acids is 1. The Morgan fingerprint density at radius 1 is 1.44 bits per heavy atom. The second-order valence-corrected chi connectivity index (χ2v) is 3.77. The van der Waals surface area contributed by atoms with Crippen LogP contribution in [0.15, 0.2) is 24.3 Å². The molecule has 0 aliphatic rings. The lowest BCUT2D eigenvalue weighted by Crippen LogP contribution is -2.30. The van der Waals surface area contributed by atoms with Crippen molar-refractivity contribution in [1.82, 2.24) is 0 Å². The Kier molecular flexibility index (Phi) is 4.07. The van der Waals surface area contributed by atoms with Gasteiger partial charge in [0.05, 0.1) is 6.07 Å². The van der Waals surface area contributed by atoms with E-state index >= 15 is 0 Å². The maximum atomic E-state index is 11.7. The first-order chi connectivity index (χ1) is 7.60. The molecule has 1 unspecified atom stereocenters. The van der Waals surface area contributed by atoms with Crippen LogP contribution in [0.25, 0.3) is 0 Å². The first kappa shape index (κ1) is 12.3. The van der Waals surface area contributed by atoms with E-state index in [1.54, 1.807) is 14.0 Å². The van der Waals surface area contributed by atoms with Crippen LogP contribution in [-0.4, -0.2) is 13.0 Å². The first-order valence-electron chi connectivity index (χ1n) is 5.36. The lowest BCUT2D eigenvalue weighted by atomic mass is 10.1. The molecule has 3 heteroatoms. The van der Waals surface area contributed by atoms with E-state index in [9.17, 15) is 4.79 Å². The molecule has 0 saturated heterocycles. The third-order valence-electron chi connectivity index (χ3n) is 2.63. The Bertz CT molecular complexity index is 403. The molecule has 0 spiro atoms. The maximum absolute atomic E-state index is 11.7. The van der Waals surface area contributed by atoms with Crippen LogP contribution in [0, 0.1) is 17.2 Å². The normalized spacial score (nSPS) is 11.6. The molecule has 16 heavy (non-hydrogen) atoms. The Morgan fingerprint density at radius 2 is 2.00 bits per heavy atom. The molecule has 1 amide bonds. The van der Waals surface area contributed by atoms with Crippen molar-refractivity contribution in [2.75, 3.05) is 11.9 Å². The van der Waals surface area contributed by atoms with Gasteiger partial charge in [-0.25, -0.2) is 0 Å². The minimum Gasteiger partial charge on any atom is -0.314 e. The second-order valence-electron chi connectivity index (χ2n) is 3.77. The van der Waals surface area contributed by atoms with Crippen molar-refractivity contribution in [2.24, 2.45) is 5.92 Å². The largest absolute Gasteiger partial charge is 0.314 e. The summed E-state index contributed by atoms with van der Waals surface area (Å²) in [6.45, 7) is 3.70. The van der Waals surface area contributed by atoms with Gasteiger partial charge in [-0.15, -0.1) is 0 Å². The van der Waals surface area contributed by atoms with Crippen molar-refractivity contribution in [3.05, 3.63) is 29.8 Å². The monoisotopic (exact) mass is 216 g/mol. The zero-order valence-corrected chi connectivity index (χ0v) is 9.90. The molecule has 0 fully saturated rings. The number of aryl methyl sites for hydroxylation is 1. The number of nitrogens with zero attached hydrogens (tertiary/aromatic N) is 2.